The van der Waals surface area contributed by atoms with E-state index in [1.165, 1.54) is 11.1 Å². The van der Waals surface area contributed by atoms with E-state index < -0.39 is 0 Å². The van der Waals surface area contributed by atoms with Gasteiger partial charge in [0.2, 0.25) is 5.91 Å². The Hall–Kier alpha value is -2.29. The van der Waals surface area contributed by atoms with Crippen LogP contribution in [0.3, 0.4) is 0 Å². The van der Waals surface area contributed by atoms with Crippen molar-refractivity contribution in [2.75, 3.05) is 5.73 Å². The highest BCUT2D eigenvalue weighted by Gasteiger charge is 2.50. The van der Waals surface area contributed by atoms with Gasteiger partial charge in [-0.05, 0) is 48.6 Å². The van der Waals surface area contributed by atoms with Crippen LogP contribution in [-0.4, -0.2) is 5.91 Å². The van der Waals surface area contributed by atoms with Crippen LogP contribution in [0.5, 0.6) is 0 Å². The maximum absolute atomic E-state index is 12.6. The summed E-state index contributed by atoms with van der Waals surface area (Å²) in [6, 6.07) is 15.8. The Bertz CT molecular complexity index is 657. The summed E-state index contributed by atoms with van der Waals surface area (Å²) in [5.41, 5.74) is 9.55. The average molecular weight is 280 g/mol. The highest BCUT2D eigenvalue weighted by atomic mass is 16.2. The molecule has 1 saturated carbocycles. The second-order valence-corrected chi connectivity index (χ2v) is 5.81. The Labute approximate surface area is 125 Å². The number of rotatable bonds is 4. The van der Waals surface area contributed by atoms with Crippen molar-refractivity contribution in [3.63, 3.8) is 0 Å². The molecule has 1 fully saturated rings. The van der Waals surface area contributed by atoms with E-state index in [1.807, 2.05) is 36.4 Å². The molecule has 0 bridgehead atoms. The van der Waals surface area contributed by atoms with Crippen LogP contribution in [-0.2, 0) is 16.8 Å². The smallest absolute Gasteiger partial charge is 0.230 e. The molecule has 0 aromatic heterocycles. The number of nitrogen functional groups attached to an aromatic ring is 1. The van der Waals surface area contributed by atoms with Crippen LogP contribution < -0.4 is 11.1 Å². The lowest BCUT2D eigenvalue weighted by Gasteiger charge is -2.16. The Kier molecular flexibility index (Phi) is 3.42. The molecule has 0 saturated heterocycles. The number of amides is 1. The van der Waals surface area contributed by atoms with E-state index >= 15 is 0 Å². The first-order valence-corrected chi connectivity index (χ1v) is 7.31. The highest BCUT2D eigenvalue weighted by molar-refractivity contribution is 5.91. The fraction of sp³-hybridized carbons (Fsp3) is 0.278. The summed E-state index contributed by atoms with van der Waals surface area (Å²) >= 11 is 0. The summed E-state index contributed by atoms with van der Waals surface area (Å²) in [6.07, 6.45) is 1.83. The molecule has 3 heteroatoms. The normalized spacial score (nSPS) is 15.5. The zero-order valence-corrected chi connectivity index (χ0v) is 12.2. The van der Waals surface area contributed by atoms with Gasteiger partial charge in [-0.25, -0.2) is 0 Å². The number of nitrogens with one attached hydrogen (secondary N) is 1. The number of carbonyl (C=O) groups is 1. The van der Waals surface area contributed by atoms with Gasteiger partial charge in [-0.2, -0.15) is 0 Å². The van der Waals surface area contributed by atoms with Gasteiger partial charge in [0, 0.05) is 12.2 Å². The summed E-state index contributed by atoms with van der Waals surface area (Å²) in [5.74, 6) is 0.121. The minimum Gasteiger partial charge on any atom is -0.399 e. The molecule has 2 aromatic rings. The average Bonchev–Trinajstić information content (AvgIpc) is 3.28. The Morgan fingerprint density at radius 2 is 1.81 bits per heavy atom. The van der Waals surface area contributed by atoms with Gasteiger partial charge in [-0.1, -0.05) is 36.4 Å². The first-order chi connectivity index (χ1) is 10.1. The number of benzene rings is 2. The molecule has 108 valence electrons. The van der Waals surface area contributed by atoms with Crippen LogP contribution in [0.2, 0.25) is 0 Å². The van der Waals surface area contributed by atoms with Gasteiger partial charge in [0.05, 0.1) is 5.41 Å². The number of hydrogen-bond acceptors (Lipinski definition) is 2. The standard InChI is InChI=1S/C18H20N2O/c1-13-4-2-3-5-14(13)12-20-17(21)18(10-11-18)15-6-8-16(19)9-7-15/h2-9H,10-12,19H2,1H3,(H,20,21). The predicted molar refractivity (Wildman–Crippen MR) is 84.8 cm³/mol. The third kappa shape index (κ3) is 2.64. The fourth-order valence-electron chi connectivity index (χ4n) is 2.73. The molecule has 3 rings (SSSR count). The SMILES string of the molecule is Cc1ccccc1CNC(=O)C1(c2ccc(N)cc2)CC1. The van der Waals surface area contributed by atoms with Gasteiger partial charge in [0.25, 0.3) is 0 Å². The lowest BCUT2D eigenvalue weighted by Crippen LogP contribution is -2.34. The molecular weight excluding hydrogens is 260 g/mol. The molecule has 0 spiro atoms. The molecule has 1 aliphatic rings. The first kappa shape index (κ1) is 13.7. The lowest BCUT2D eigenvalue weighted by molar-refractivity contribution is -0.123. The van der Waals surface area contributed by atoms with Crippen LogP contribution in [0, 0.1) is 6.92 Å². The maximum Gasteiger partial charge on any atom is 0.230 e. The summed E-state index contributed by atoms with van der Waals surface area (Å²) in [5, 5.41) is 3.09. The first-order valence-electron chi connectivity index (χ1n) is 7.31. The zero-order chi connectivity index (χ0) is 14.9. The lowest BCUT2D eigenvalue weighted by atomic mass is 9.94. The molecule has 1 amide bonds. The second-order valence-electron chi connectivity index (χ2n) is 5.81. The number of hydrogen-bond donors (Lipinski definition) is 2. The Balaban J connectivity index is 1.71. The van der Waals surface area contributed by atoms with Crippen LogP contribution in [0.4, 0.5) is 5.69 Å². The predicted octanol–water partition coefficient (Wildman–Crippen LogP) is 2.93. The molecule has 3 nitrogen and oxygen atoms in total. The van der Waals surface area contributed by atoms with Gasteiger partial charge in [0.15, 0.2) is 0 Å². The molecule has 3 N–H and O–H groups in total. The van der Waals surface area contributed by atoms with Gasteiger partial charge in [-0.3, -0.25) is 4.79 Å². The van der Waals surface area contributed by atoms with Crippen molar-refractivity contribution >= 4 is 11.6 Å². The summed E-state index contributed by atoms with van der Waals surface area (Å²) in [4.78, 5) is 12.6. The van der Waals surface area contributed by atoms with E-state index in [9.17, 15) is 4.79 Å². The molecule has 1 aliphatic carbocycles. The molecule has 21 heavy (non-hydrogen) atoms. The van der Waals surface area contributed by atoms with E-state index in [1.54, 1.807) is 0 Å². The molecule has 0 radical (unpaired) electrons. The van der Waals surface area contributed by atoms with Gasteiger partial charge >= 0.3 is 0 Å². The van der Waals surface area contributed by atoms with Crippen molar-refractivity contribution in [2.45, 2.75) is 31.7 Å². The monoisotopic (exact) mass is 280 g/mol. The van der Waals surface area contributed by atoms with Crippen molar-refractivity contribution < 1.29 is 4.79 Å². The Morgan fingerprint density at radius 1 is 1.14 bits per heavy atom. The number of nitrogens with two attached hydrogens (primary N) is 1. The van der Waals surface area contributed by atoms with Gasteiger partial charge in [0.1, 0.15) is 0 Å². The second kappa shape index (κ2) is 5.24. The topological polar surface area (TPSA) is 55.1 Å². The molecule has 2 aromatic carbocycles. The number of carbonyl (C=O) groups excluding carboxylic acids is 1. The molecule has 0 atom stereocenters. The number of aryl methyl sites for hydroxylation is 1. The molecular formula is C18H20N2O. The van der Waals surface area contributed by atoms with Gasteiger partial charge in [-0.15, -0.1) is 0 Å². The summed E-state index contributed by atoms with van der Waals surface area (Å²) in [7, 11) is 0. The minimum absolute atomic E-state index is 0.121. The van der Waals surface area contributed by atoms with Crippen molar-refractivity contribution in [3.05, 3.63) is 65.2 Å². The van der Waals surface area contributed by atoms with Crippen molar-refractivity contribution in [3.8, 4) is 0 Å². The Morgan fingerprint density at radius 3 is 2.43 bits per heavy atom. The van der Waals surface area contributed by atoms with Crippen LogP contribution in [0.25, 0.3) is 0 Å². The van der Waals surface area contributed by atoms with E-state index in [4.69, 9.17) is 5.73 Å². The van der Waals surface area contributed by atoms with E-state index in [-0.39, 0.29) is 11.3 Å². The van der Waals surface area contributed by atoms with E-state index in [2.05, 4.69) is 24.4 Å². The van der Waals surface area contributed by atoms with E-state index in [0.29, 0.717) is 6.54 Å². The molecule has 0 unspecified atom stereocenters. The van der Waals surface area contributed by atoms with Crippen molar-refractivity contribution in [1.29, 1.82) is 0 Å². The molecule has 0 heterocycles. The van der Waals surface area contributed by atoms with Crippen LogP contribution in [0.1, 0.15) is 29.5 Å². The third-order valence-electron chi connectivity index (χ3n) is 4.35. The number of anilines is 1. The fourth-order valence-corrected chi connectivity index (χ4v) is 2.73. The quantitative estimate of drug-likeness (QED) is 0.846. The zero-order valence-electron chi connectivity index (χ0n) is 12.2. The van der Waals surface area contributed by atoms with Gasteiger partial charge < -0.3 is 11.1 Å². The van der Waals surface area contributed by atoms with Crippen molar-refractivity contribution in [2.24, 2.45) is 0 Å². The highest BCUT2D eigenvalue weighted by Crippen LogP contribution is 2.48. The minimum atomic E-state index is -0.337. The van der Waals surface area contributed by atoms with Crippen LogP contribution >= 0.6 is 0 Å². The van der Waals surface area contributed by atoms with Crippen molar-refractivity contribution in [1.82, 2.24) is 5.32 Å². The largest absolute Gasteiger partial charge is 0.399 e. The summed E-state index contributed by atoms with van der Waals surface area (Å²) < 4.78 is 0. The maximum atomic E-state index is 12.6. The summed E-state index contributed by atoms with van der Waals surface area (Å²) in [6.45, 7) is 2.65. The van der Waals surface area contributed by atoms with E-state index in [0.717, 1.165) is 24.1 Å². The third-order valence-corrected chi connectivity index (χ3v) is 4.35. The van der Waals surface area contributed by atoms with Crippen LogP contribution in [0.15, 0.2) is 48.5 Å². The molecule has 0 aliphatic heterocycles.